The van der Waals surface area contributed by atoms with Gasteiger partial charge in [-0.05, 0) is 32.0 Å². The number of hydrogen-bond acceptors (Lipinski definition) is 5. The molecule has 3 rings (SSSR count). The number of aromatic nitrogens is 1. The standard InChI is InChI=1S/C21H22N2O3S/c1-13-5-7-18(25-3)15(9-13)11-20(24)23-21-22-17(12-27-21)16-10-14(2)6-8-19(16)26-4/h5-10,12H,11H2,1-4H3,(H,22,23,24). The molecule has 140 valence electrons. The molecule has 0 fully saturated rings. The van der Waals surface area contributed by atoms with E-state index < -0.39 is 0 Å². The lowest BCUT2D eigenvalue weighted by Gasteiger charge is -2.09. The third kappa shape index (κ3) is 4.46. The second-order valence-electron chi connectivity index (χ2n) is 6.28. The zero-order chi connectivity index (χ0) is 19.4. The highest BCUT2D eigenvalue weighted by Crippen LogP contribution is 2.33. The summed E-state index contributed by atoms with van der Waals surface area (Å²) in [6.07, 6.45) is 0.230. The average Bonchev–Trinajstić information content (AvgIpc) is 3.10. The van der Waals surface area contributed by atoms with Crippen LogP contribution in [0, 0.1) is 13.8 Å². The molecule has 1 N–H and O–H groups in total. The third-order valence-electron chi connectivity index (χ3n) is 4.17. The van der Waals surface area contributed by atoms with Crippen molar-refractivity contribution in [3.63, 3.8) is 0 Å². The number of rotatable bonds is 6. The maximum Gasteiger partial charge on any atom is 0.230 e. The van der Waals surface area contributed by atoms with Crippen LogP contribution >= 0.6 is 11.3 Å². The Balaban J connectivity index is 1.76. The molecule has 2 aromatic carbocycles. The molecule has 0 aliphatic rings. The zero-order valence-corrected chi connectivity index (χ0v) is 16.6. The lowest BCUT2D eigenvalue weighted by atomic mass is 10.1. The number of nitrogens with zero attached hydrogens (tertiary/aromatic N) is 1. The SMILES string of the molecule is COc1ccc(C)cc1CC(=O)Nc1nc(-c2cc(C)ccc2OC)cs1. The number of thiazole rings is 1. The molecule has 1 amide bonds. The number of amides is 1. The smallest absolute Gasteiger partial charge is 0.230 e. The van der Waals surface area contributed by atoms with E-state index in [0.29, 0.717) is 10.9 Å². The summed E-state index contributed by atoms with van der Waals surface area (Å²) in [6.45, 7) is 4.01. The van der Waals surface area contributed by atoms with Crippen molar-refractivity contribution in [2.45, 2.75) is 20.3 Å². The molecular weight excluding hydrogens is 360 g/mol. The maximum atomic E-state index is 12.5. The molecule has 0 atom stereocenters. The van der Waals surface area contributed by atoms with Gasteiger partial charge in [-0.25, -0.2) is 4.98 Å². The van der Waals surface area contributed by atoms with E-state index >= 15 is 0 Å². The number of hydrogen-bond donors (Lipinski definition) is 1. The van der Waals surface area contributed by atoms with E-state index in [9.17, 15) is 4.79 Å². The maximum absolute atomic E-state index is 12.5. The summed E-state index contributed by atoms with van der Waals surface area (Å²) >= 11 is 1.39. The van der Waals surface area contributed by atoms with Crippen molar-refractivity contribution >= 4 is 22.4 Å². The summed E-state index contributed by atoms with van der Waals surface area (Å²) in [6, 6.07) is 11.7. The molecule has 0 radical (unpaired) electrons. The first kappa shape index (κ1) is 18.9. The first-order valence-electron chi connectivity index (χ1n) is 8.54. The highest BCUT2D eigenvalue weighted by atomic mass is 32.1. The number of carbonyl (C=O) groups excluding carboxylic acids is 1. The first-order chi connectivity index (χ1) is 13.0. The number of benzene rings is 2. The van der Waals surface area contributed by atoms with Gasteiger partial charge in [0.25, 0.3) is 0 Å². The molecular formula is C21H22N2O3S. The van der Waals surface area contributed by atoms with Crippen LogP contribution in [-0.2, 0) is 11.2 Å². The minimum atomic E-state index is -0.129. The van der Waals surface area contributed by atoms with Crippen molar-refractivity contribution in [3.8, 4) is 22.8 Å². The van der Waals surface area contributed by atoms with Gasteiger partial charge in [0.2, 0.25) is 5.91 Å². The second-order valence-corrected chi connectivity index (χ2v) is 7.14. The van der Waals surface area contributed by atoms with E-state index in [2.05, 4.69) is 10.3 Å². The number of nitrogens with one attached hydrogen (secondary N) is 1. The molecule has 1 aromatic heterocycles. The highest BCUT2D eigenvalue weighted by molar-refractivity contribution is 7.14. The van der Waals surface area contributed by atoms with Gasteiger partial charge in [-0.1, -0.05) is 29.3 Å². The van der Waals surface area contributed by atoms with Gasteiger partial charge >= 0.3 is 0 Å². The predicted octanol–water partition coefficient (Wildman–Crippen LogP) is 4.63. The van der Waals surface area contributed by atoms with Gasteiger partial charge in [0.05, 0.1) is 26.3 Å². The fourth-order valence-corrected chi connectivity index (χ4v) is 3.59. The van der Waals surface area contributed by atoms with Crippen molar-refractivity contribution in [1.29, 1.82) is 0 Å². The quantitative estimate of drug-likeness (QED) is 0.675. The largest absolute Gasteiger partial charge is 0.496 e. The topological polar surface area (TPSA) is 60.5 Å². The lowest BCUT2D eigenvalue weighted by molar-refractivity contribution is -0.115. The molecule has 1 heterocycles. The molecule has 6 heteroatoms. The van der Waals surface area contributed by atoms with Crippen molar-refractivity contribution in [1.82, 2.24) is 4.98 Å². The van der Waals surface area contributed by atoms with Crippen molar-refractivity contribution < 1.29 is 14.3 Å². The minimum Gasteiger partial charge on any atom is -0.496 e. The number of methoxy groups -OCH3 is 2. The van der Waals surface area contributed by atoms with E-state index in [0.717, 1.165) is 33.7 Å². The van der Waals surface area contributed by atoms with Gasteiger partial charge in [0, 0.05) is 16.5 Å². The van der Waals surface area contributed by atoms with E-state index in [1.807, 2.05) is 55.6 Å². The van der Waals surface area contributed by atoms with Gasteiger partial charge in [0.15, 0.2) is 5.13 Å². The summed E-state index contributed by atoms with van der Waals surface area (Å²) in [5.74, 6) is 1.34. The number of aryl methyl sites for hydroxylation is 2. The molecule has 5 nitrogen and oxygen atoms in total. The summed E-state index contributed by atoms with van der Waals surface area (Å²) in [7, 11) is 3.24. The monoisotopic (exact) mass is 382 g/mol. The van der Waals surface area contributed by atoms with Crippen LogP contribution in [-0.4, -0.2) is 25.1 Å². The minimum absolute atomic E-state index is 0.129. The van der Waals surface area contributed by atoms with Crippen LogP contribution < -0.4 is 14.8 Å². The number of anilines is 1. The molecule has 3 aromatic rings. The van der Waals surface area contributed by atoms with E-state index in [1.54, 1.807) is 14.2 Å². The van der Waals surface area contributed by atoms with Gasteiger partial charge in [0.1, 0.15) is 11.5 Å². The Labute approximate surface area is 163 Å². The summed E-state index contributed by atoms with van der Waals surface area (Å²) in [5, 5.41) is 5.35. The van der Waals surface area contributed by atoms with Gasteiger partial charge in [-0.3, -0.25) is 4.79 Å². The third-order valence-corrected chi connectivity index (χ3v) is 4.93. The second kappa shape index (κ2) is 8.22. The Hall–Kier alpha value is -2.86. The van der Waals surface area contributed by atoms with Gasteiger partial charge in [-0.15, -0.1) is 11.3 Å². The van der Waals surface area contributed by atoms with Crippen LogP contribution in [0.15, 0.2) is 41.8 Å². The number of ether oxygens (including phenoxy) is 2. The molecule has 0 saturated carbocycles. The van der Waals surface area contributed by atoms with Gasteiger partial charge in [-0.2, -0.15) is 0 Å². The van der Waals surface area contributed by atoms with Crippen molar-refractivity contribution in [2.75, 3.05) is 19.5 Å². The molecule has 0 aliphatic carbocycles. The summed E-state index contributed by atoms with van der Waals surface area (Å²) < 4.78 is 10.8. The van der Waals surface area contributed by atoms with Crippen LogP contribution in [0.5, 0.6) is 11.5 Å². The van der Waals surface area contributed by atoms with Gasteiger partial charge < -0.3 is 14.8 Å². The first-order valence-corrected chi connectivity index (χ1v) is 9.42. The predicted molar refractivity (Wildman–Crippen MR) is 109 cm³/mol. The fraction of sp³-hybridized carbons (Fsp3) is 0.238. The summed E-state index contributed by atoms with van der Waals surface area (Å²) in [5.41, 5.74) is 4.75. The molecule has 0 unspecified atom stereocenters. The molecule has 27 heavy (non-hydrogen) atoms. The Bertz CT molecular complexity index is 966. The van der Waals surface area contributed by atoms with Crippen LogP contribution in [0.2, 0.25) is 0 Å². The Morgan fingerprint density at radius 3 is 2.41 bits per heavy atom. The fourth-order valence-electron chi connectivity index (χ4n) is 2.86. The lowest BCUT2D eigenvalue weighted by Crippen LogP contribution is -2.14. The van der Waals surface area contributed by atoms with E-state index in [4.69, 9.17) is 9.47 Å². The van der Waals surface area contributed by atoms with Crippen LogP contribution in [0.3, 0.4) is 0 Å². The zero-order valence-electron chi connectivity index (χ0n) is 15.8. The molecule has 0 bridgehead atoms. The summed E-state index contributed by atoms with van der Waals surface area (Å²) in [4.78, 5) is 17.0. The highest BCUT2D eigenvalue weighted by Gasteiger charge is 2.14. The van der Waals surface area contributed by atoms with Crippen LogP contribution in [0.1, 0.15) is 16.7 Å². The van der Waals surface area contributed by atoms with Crippen LogP contribution in [0.25, 0.3) is 11.3 Å². The Morgan fingerprint density at radius 1 is 1.04 bits per heavy atom. The van der Waals surface area contributed by atoms with Crippen LogP contribution in [0.4, 0.5) is 5.13 Å². The van der Waals surface area contributed by atoms with Crippen molar-refractivity contribution in [3.05, 3.63) is 58.5 Å². The van der Waals surface area contributed by atoms with E-state index in [-0.39, 0.29) is 12.3 Å². The molecule has 0 saturated heterocycles. The number of carbonyl (C=O) groups is 1. The van der Waals surface area contributed by atoms with Crippen molar-refractivity contribution in [2.24, 2.45) is 0 Å². The molecule has 0 aliphatic heterocycles. The molecule has 0 spiro atoms. The normalized spacial score (nSPS) is 10.5. The Kier molecular flexibility index (Phi) is 5.76. The Morgan fingerprint density at radius 2 is 1.70 bits per heavy atom. The van der Waals surface area contributed by atoms with E-state index in [1.165, 1.54) is 11.3 Å². The average molecular weight is 382 g/mol.